The van der Waals surface area contributed by atoms with Crippen molar-refractivity contribution in [2.24, 2.45) is 70.0 Å². The predicted molar refractivity (Wildman–Crippen MR) is 85.1 cm³/mol. The van der Waals surface area contributed by atoms with Crippen molar-refractivity contribution in [3.05, 3.63) is 0 Å². The van der Waals surface area contributed by atoms with E-state index in [1.165, 1.54) is 7.11 Å². The van der Waals surface area contributed by atoms with Gasteiger partial charge in [-0.2, -0.15) is 0 Å². The summed E-state index contributed by atoms with van der Waals surface area (Å²) in [5.74, 6) is 3.06. The molecular formula is C21H22O5. The van der Waals surface area contributed by atoms with Crippen LogP contribution in [0.1, 0.15) is 25.7 Å². The van der Waals surface area contributed by atoms with E-state index < -0.39 is 10.8 Å². The van der Waals surface area contributed by atoms with Crippen LogP contribution in [0.4, 0.5) is 0 Å². The number of rotatable bonds is 1. The standard InChI is InChI=1S/C21H22O5/c1-25-18(23)20-15-7-3-5-9-11(7)17-13(15)12-14(21(17,20)19(24)26-9)6-2-4-8(22)10(6)16(12)20/h6-7,9-17H,2-5H2,1H3/t6-,7+,9+,10+,11+,12-,13+,14-,15-,16-,17+,20-,21+/m0/s1. The van der Waals surface area contributed by atoms with Gasteiger partial charge in [0.1, 0.15) is 11.9 Å². The molecule has 8 bridgehead atoms. The van der Waals surface area contributed by atoms with Gasteiger partial charge in [0.2, 0.25) is 0 Å². The molecule has 9 aliphatic rings. The molecular weight excluding hydrogens is 332 g/mol. The molecule has 5 nitrogen and oxygen atoms in total. The Morgan fingerprint density at radius 2 is 1.81 bits per heavy atom. The van der Waals surface area contributed by atoms with E-state index in [0.29, 0.717) is 47.7 Å². The van der Waals surface area contributed by atoms with Gasteiger partial charge < -0.3 is 9.47 Å². The van der Waals surface area contributed by atoms with Gasteiger partial charge in [0.15, 0.2) is 0 Å². The molecule has 136 valence electrons. The summed E-state index contributed by atoms with van der Waals surface area (Å²) in [4.78, 5) is 39.9. The second-order valence-corrected chi connectivity index (χ2v) is 10.4. The zero-order valence-electron chi connectivity index (χ0n) is 14.7. The van der Waals surface area contributed by atoms with Crippen molar-refractivity contribution < 1.29 is 23.9 Å². The van der Waals surface area contributed by atoms with Crippen LogP contribution >= 0.6 is 0 Å². The number of carbonyl (C=O) groups excluding carboxylic acids is 3. The maximum absolute atomic E-state index is 13.6. The molecule has 8 saturated carbocycles. The number of Topliss-reactive ketones (excluding diaryl/α,β-unsaturated/α-hetero) is 1. The first kappa shape index (κ1) is 13.7. The summed E-state index contributed by atoms with van der Waals surface area (Å²) in [5.41, 5.74) is -1.40. The van der Waals surface area contributed by atoms with E-state index in [1.54, 1.807) is 0 Å². The monoisotopic (exact) mass is 354 g/mol. The van der Waals surface area contributed by atoms with Gasteiger partial charge in [0.25, 0.3) is 0 Å². The molecule has 26 heavy (non-hydrogen) atoms. The summed E-state index contributed by atoms with van der Waals surface area (Å²) < 4.78 is 11.5. The maximum Gasteiger partial charge on any atom is 0.314 e. The molecule has 0 aromatic rings. The van der Waals surface area contributed by atoms with Gasteiger partial charge in [0.05, 0.1) is 17.9 Å². The molecule has 1 aliphatic heterocycles. The molecule has 1 heterocycles. The second kappa shape index (κ2) is 3.51. The minimum Gasteiger partial charge on any atom is -0.469 e. The van der Waals surface area contributed by atoms with Crippen LogP contribution in [0.15, 0.2) is 0 Å². The molecule has 1 spiro atoms. The lowest BCUT2D eigenvalue weighted by Crippen LogP contribution is -2.68. The highest BCUT2D eigenvalue weighted by Gasteiger charge is 3.02. The van der Waals surface area contributed by atoms with Crippen molar-refractivity contribution in [1.29, 1.82) is 0 Å². The lowest BCUT2D eigenvalue weighted by Gasteiger charge is -2.60. The average molecular weight is 354 g/mol. The van der Waals surface area contributed by atoms with Crippen LogP contribution in [0.5, 0.6) is 0 Å². The number of ketones is 1. The van der Waals surface area contributed by atoms with E-state index in [9.17, 15) is 14.4 Å². The molecule has 5 heteroatoms. The Kier molecular flexibility index (Phi) is 1.86. The normalized spacial score (nSPS) is 68.9. The zero-order chi connectivity index (χ0) is 17.3. The molecule has 9 fully saturated rings. The molecule has 0 amide bonds. The van der Waals surface area contributed by atoms with Gasteiger partial charge in [-0.05, 0) is 66.6 Å². The predicted octanol–water partition coefficient (Wildman–Crippen LogP) is 1.44. The lowest BCUT2D eigenvalue weighted by molar-refractivity contribution is -0.232. The topological polar surface area (TPSA) is 69.7 Å². The van der Waals surface area contributed by atoms with Crippen LogP contribution in [0, 0.1) is 70.0 Å². The quantitative estimate of drug-likeness (QED) is 0.667. The number of esters is 2. The highest BCUT2D eigenvalue weighted by Crippen LogP contribution is 2.98. The number of hydrogen-bond donors (Lipinski definition) is 0. The van der Waals surface area contributed by atoms with Crippen molar-refractivity contribution in [1.82, 2.24) is 0 Å². The molecule has 0 radical (unpaired) electrons. The molecule has 0 aromatic heterocycles. The molecule has 0 unspecified atom stereocenters. The van der Waals surface area contributed by atoms with E-state index in [1.807, 2.05) is 0 Å². The van der Waals surface area contributed by atoms with Crippen molar-refractivity contribution in [2.45, 2.75) is 31.8 Å². The van der Waals surface area contributed by atoms with Crippen LogP contribution in [-0.4, -0.2) is 30.9 Å². The van der Waals surface area contributed by atoms with Crippen LogP contribution in [-0.2, 0) is 23.9 Å². The third kappa shape index (κ3) is 0.848. The second-order valence-electron chi connectivity index (χ2n) is 10.4. The Hall–Kier alpha value is -1.39. The molecule has 0 aromatic carbocycles. The molecule has 1 saturated heterocycles. The van der Waals surface area contributed by atoms with Crippen LogP contribution in [0.25, 0.3) is 0 Å². The highest BCUT2D eigenvalue weighted by atomic mass is 16.6. The Balaban J connectivity index is 1.48. The van der Waals surface area contributed by atoms with Gasteiger partial charge in [0, 0.05) is 18.3 Å². The van der Waals surface area contributed by atoms with Crippen LogP contribution < -0.4 is 0 Å². The molecule has 0 N–H and O–H groups in total. The minimum atomic E-state index is -0.749. The van der Waals surface area contributed by atoms with Crippen molar-refractivity contribution >= 4 is 17.7 Å². The van der Waals surface area contributed by atoms with E-state index >= 15 is 0 Å². The van der Waals surface area contributed by atoms with Crippen molar-refractivity contribution in [3.8, 4) is 0 Å². The van der Waals surface area contributed by atoms with E-state index in [-0.39, 0.29) is 41.7 Å². The largest absolute Gasteiger partial charge is 0.469 e. The Bertz CT molecular complexity index is 849. The first-order valence-electron chi connectivity index (χ1n) is 10.4. The van der Waals surface area contributed by atoms with Crippen LogP contribution in [0.3, 0.4) is 0 Å². The molecule has 9 rings (SSSR count). The molecule has 8 aliphatic carbocycles. The average Bonchev–Trinajstić information content (AvgIpc) is 3.41. The highest BCUT2D eigenvalue weighted by molar-refractivity contribution is 5.98. The number of methoxy groups -OCH3 is 1. The number of hydrogen-bond acceptors (Lipinski definition) is 5. The SMILES string of the molecule is COC(=O)[C@@]12[C@H]3[C@@H]4CC[C@H]5OC(=O)[C@@]16[C@@H]([C@@H]3[C@H]1[C@@H]6[C@H]3CCC(=O)[C@@H]3[C@@H]12)[C@H]45. The van der Waals surface area contributed by atoms with Crippen molar-refractivity contribution in [3.63, 3.8) is 0 Å². The number of carbonyl (C=O) groups is 3. The Morgan fingerprint density at radius 1 is 1.00 bits per heavy atom. The van der Waals surface area contributed by atoms with Gasteiger partial charge in [-0.15, -0.1) is 0 Å². The van der Waals surface area contributed by atoms with E-state index in [0.717, 1.165) is 19.3 Å². The first-order valence-corrected chi connectivity index (χ1v) is 10.4. The van der Waals surface area contributed by atoms with Crippen LogP contribution in [0.2, 0.25) is 0 Å². The number of fused-ring (bicyclic) bond motifs is 1. The smallest absolute Gasteiger partial charge is 0.314 e. The fraction of sp³-hybridized carbons (Fsp3) is 0.857. The Morgan fingerprint density at radius 3 is 2.62 bits per heavy atom. The fourth-order valence-electron chi connectivity index (χ4n) is 11.6. The summed E-state index contributed by atoms with van der Waals surface area (Å²) in [7, 11) is 1.47. The first-order chi connectivity index (χ1) is 12.6. The third-order valence-electron chi connectivity index (χ3n) is 11.0. The zero-order valence-corrected chi connectivity index (χ0v) is 14.7. The fourth-order valence-corrected chi connectivity index (χ4v) is 11.6. The summed E-state index contributed by atoms with van der Waals surface area (Å²) in [6, 6.07) is 0. The lowest BCUT2D eigenvalue weighted by atomic mass is 9.43. The number of ether oxygens (including phenoxy) is 2. The minimum absolute atomic E-state index is 0.00616. The maximum atomic E-state index is 13.6. The summed E-state index contributed by atoms with van der Waals surface area (Å²) >= 11 is 0. The summed E-state index contributed by atoms with van der Waals surface area (Å²) in [5, 5.41) is 0. The molecule has 13 atom stereocenters. The summed E-state index contributed by atoms with van der Waals surface area (Å²) in [6.07, 6.45) is 3.66. The van der Waals surface area contributed by atoms with Gasteiger partial charge >= 0.3 is 11.9 Å². The van der Waals surface area contributed by atoms with E-state index in [4.69, 9.17) is 9.47 Å². The Labute approximate surface area is 151 Å². The summed E-state index contributed by atoms with van der Waals surface area (Å²) in [6.45, 7) is 0. The van der Waals surface area contributed by atoms with E-state index in [2.05, 4.69) is 0 Å². The van der Waals surface area contributed by atoms with Gasteiger partial charge in [-0.1, -0.05) is 0 Å². The van der Waals surface area contributed by atoms with Gasteiger partial charge in [-0.3, -0.25) is 14.4 Å². The third-order valence-corrected chi connectivity index (χ3v) is 11.0. The van der Waals surface area contributed by atoms with Gasteiger partial charge in [-0.25, -0.2) is 0 Å². The van der Waals surface area contributed by atoms with Crippen molar-refractivity contribution in [2.75, 3.05) is 7.11 Å².